The summed E-state index contributed by atoms with van der Waals surface area (Å²) in [5, 5.41) is 15.9. The lowest BCUT2D eigenvalue weighted by Crippen LogP contribution is -2.11. The van der Waals surface area contributed by atoms with Crippen molar-refractivity contribution in [3.63, 3.8) is 0 Å². The van der Waals surface area contributed by atoms with Crippen LogP contribution in [0.2, 0.25) is 0 Å². The molecule has 118 valence electrons. The minimum absolute atomic E-state index is 0.120. The van der Waals surface area contributed by atoms with E-state index in [2.05, 4.69) is 20.6 Å². The lowest BCUT2D eigenvalue weighted by atomic mass is 10.1. The van der Waals surface area contributed by atoms with Gasteiger partial charge in [-0.25, -0.2) is 0 Å². The summed E-state index contributed by atoms with van der Waals surface area (Å²) in [5.41, 5.74) is 3.42. The molecule has 0 aliphatic carbocycles. The summed E-state index contributed by atoms with van der Waals surface area (Å²) in [6, 6.07) is 15.1. The second-order valence-corrected chi connectivity index (χ2v) is 6.32. The fourth-order valence-corrected chi connectivity index (χ4v) is 3.19. The van der Waals surface area contributed by atoms with Gasteiger partial charge in [-0.3, -0.25) is 4.79 Å². The van der Waals surface area contributed by atoms with Crippen LogP contribution in [0.1, 0.15) is 15.9 Å². The minimum Gasteiger partial charge on any atom is -0.322 e. The van der Waals surface area contributed by atoms with E-state index in [4.69, 9.17) is 0 Å². The highest BCUT2D eigenvalue weighted by atomic mass is 32.1. The Morgan fingerprint density at radius 3 is 2.75 bits per heavy atom. The molecule has 1 amide bonds. The van der Waals surface area contributed by atoms with E-state index in [1.807, 2.05) is 49.4 Å². The van der Waals surface area contributed by atoms with E-state index in [0.717, 1.165) is 26.8 Å². The van der Waals surface area contributed by atoms with Gasteiger partial charge in [0.05, 0.1) is 0 Å². The molecule has 4 aromatic rings. The zero-order valence-corrected chi connectivity index (χ0v) is 13.6. The van der Waals surface area contributed by atoms with Crippen molar-refractivity contribution in [3.8, 4) is 10.6 Å². The van der Waals surface area contributed by atoms with Gasteiger partial charge in [0, 0.05) is 16.8 Å². The number of nitrogens with one attached hydrogen (secondary N) is 1. The van der Waals surface area contributed by atoms with Crippen LogP contribution in [0.4, 0.5) is 5.69 Å². The summed E-state index contributed by atoms with van der Waals surface area (Å²) >= 11 is 1.47. The number of carbonyl (C=O) groups excluding carboxylic acids is 1. The van der Waals surface area contributed by atoms with E-state index >= 15 is 0 Å². The molecule has 6 nitrogen and oxygen atoms in total. The van der Waals surface area contributed by atoms with Crippen molar-refractivity contribution in [1.82, 2.24) is 19.8 Å². The van der Waals surface area contributed by atoms with Gasteiger partial charge in [-0.2, -0.15) is 9.61 Å². The normalized spacial score (nSPS) is 10.9. The number of hydrogen-bond donors (Lipinski definition) is 1. The second-order valence-electron chi connectivity index (χ2n) is 5.37. The average Bonchev–Trinajstić information content (AvgIpc) is 3.17. The van der Waals surface area contributed by atoms with Gasteiger partial charge in [0.1, 0.15) is 11.3 Å². The lowest BCUT2D eigenvalue weighted by Gasteiger charge is -2.06. The summed E-state index contributed by atoms with van der Waals surface area (Å²) in [7, 11) is 0. The molecule has 24 heavy (non-hydrogen) atoms. The van der Waals surface area contributed by atoms with E-state index in [9.17, 15) is 4.79 Å². The Morgan fingerprint density at radius 2 is 2.00 bits per heavy atom. The van der Waals surface area contributed by atoms with Crippen LogP contribution < -0.4 is 5.32 Å². The Kier molecular flexibility index (Phi) is 3.55. The molecule has 0 aliphatic heterocycles. The molecule has 0 fully saturated rings. The molecule has 0 unspecified atom stereocenters. The number of aromatic nitrogens is 4. The van der Waals surface area contributed by atoms with Crippen LogP contribution in [-0.4, -0.2) is 25.7 Å². The zero-order chi connectivity index (χ0) is 16.5. The molecule has 0 saturated carbocycles. The maximum absolute atomic E-state index is 12.3. The Labute approximate surface area is 141 Å². The maximum Gasteiger partial charge on any atom is 0.255 e. The Hall–Kier alpha value is -3.06. The topological polar surface area (TPSA) is 72.2 Å². The highest BCUT2D eigenvalue weighted by Crippen LogP contribution is 2.25. The number of amides is 1. The first-order chi connectivity index (χ1) is 11.7. The summed E-state index contributed by atoms with van der Waals surface area (Å²) in [6.45, 7) is 1.96. The summed E-state index contributed by atoms with van der Waals surface area (Å²) in [5.74, 6) is -0.120. The summed E-state index contributed by atoms with van der Waals surface area (Å²) in [6.07, 6.45) is 1.58. The first kappa shape index (κ1) is 14.5. The van der Waals surface area contributed by atoms with E-state index in [-0.39, 0.29) is 5.91 Å². The molecule has 4 rings (SSSR count). The van der Waals surface area contributed by atoms with Gasteiger partial charge < -0.3 is 5.32 Å². The van der Waals surface area contributed by atoms with Crippen LogP contribution in [0.25, 0.3) is 15.5 Å². The summed E-state index contributed by atoms with van der Waals surface area (Å²) in [4.78, 5) is 13.0. The van der Waals surface area contributed by atoms with Crippen molar-refractivity contribution in [2.45, 2.75) is 6.92 Å². The van der Waals surface area contributed by atoms with Gasteiger partial charge in [-0.05, 0) is 43.3 Å². The van der Waals surface area contributed by atoms with Crippen LogP contribution in [0.3, 0.4) is 0 Å². The predicted molar refractivity (Wildman–Crippen MR) is 93.2 cm³/mol. The quantitative estimate of drug-likeness (QED) is 0.623. The van der Waals surface area contributed by atoms with Crippen LogP contribution in [-0.2, 0) is 0 Å². The molecule has 0 atom stereocenters. The van der Waals surface area contributed by atoms with Gasteiger partial charge in [-0.1, -0.05) is 29.0 Å². The molecule has 2 aromatic heterocycles. The van der Waals surface area contributed by atoms with Crippen molar-refractivity contribution in [1.29, 1.82) is 0 Å². The first-order valence-corrected chi connectivity index (χ1v) is 8.16. The van der Waals surface area contributed by atoms with Crippen molar-refractivity contribution in [2.75, 3.05) is 5.32 Å². The van der Waals surface area contributed by atoms with Gasteiger partial charge >= 0.3 is 0 Å². The van der Waals surface area contributed by atoms with Gasteiger partial charge in [0.15, 0.2) is 0 Å². The third kappa shape index (κ3) is 2.77. The number of fused-ring (bicyclic) bond motifs is 1. The van der Waals surface area contributed by atoms with Crippen LogP contribution in [0.15, 0.2) is 54.9 Å². The third-order valence-corrected chi connectivity index (χ3v) is 4.52. The number of rotatable bonds is 3. The fourth-order valence-electron chi connectivity index (χ4n) is 2.36. The minimum atomic E-state index is -0.120. The van der Waals surface area contributed by atoms with Crippen LogP contribution >= 0.6 is 11.3 Å². The predicted octanol–water partition coefficient (Wildman–Crippen LogP) is 3.41. The molecule has 0 aliphatic rings. The number of nitrogens with zero attached hydrogens (tertiary/aromatic N) is 4. The molecular weight excluding hydrogens is 322 g/mol. The van der Waals surface area contributed by atoms with Gasteiger partial charge in [0.2, 0.25) is 4.96 Å². The number of hydrogen-bond acceptors (Lipinski definition) is 5. The highest BCUT2D eigenvalue weighted by molar-refractivity contribution is 7.19. The number of benzene rings is 2. The molecule has 0 saturated heterocycles. The second kappa shape index (κ2) is 5.86. The molecule has 1 N–H and O–H groups in total. The lowest BCUT2D eigenvalue weighted by molar-refractivity contribution is 0.102. The van der Waals surface area contributed by atoms with Crippen molar-refractivity contribution in [2.24, 2.45) is 0 Å². The van der Waals surface area contributed by atoms with Gasteiger partial charge in [0.25, 0.3) is 5.91 Å². The average molecular weight is 335 g/mol. The van der Waals surface area contributed by atoms with Crippen molar-refractivity contribution >= 4 is 27.9 Å². The number of aryl methyl sites for hydroxylation is 1. The van der Waals surface area contributed by atoms with E-state index < -0.39 is 0 Å². The highest BCUT2D eigenvalue weighted by Gasteiger charge is 2.09. The van der Waals surface area contributed by atoms with Gasteiger partial charge in [-0.15, -0.1) is 10.2 Å². The zero-order valence-electron chi connectivity index (χ0n) is 12.8. The Morgan fingerprint density at radius 1 is 1.17 bits per heavy atom. The van der Waals surface area contributed by atoms with E-state index in [0.29, 0.717) is 5.56 Å². The van der Waals surface area contributed by atoms with Crippen LogP contribution in [0, 0.1) is 6.92 Å². The third-order valence-electron chi connectivity index (χ3n) is 3.56. The van der Waals surface area contributed by atoms with Crippen LogP contribution in [0.5, 0.6) is 0 Å². The Bertz CT molecular complexity index is 990. The van der Waals surface area contributed by atoms with Crippen molar-refractivity contribution < 1.29 is 4.79 Å². The molecule has 2 heterocycles. The number of carbonyl (C=O) groups is 1. The standard InChI is InChI=1S/C17H13N5OS/c1-11-3-2-4-13(9-11)15(23)19-14-7-5-12(6-8-14)16-21-22-10-18-20-17(22)24-16/h2-10H,1H3,(H,19,23). The molecule has 7 heteroatoms. The molecule has 2 aromatic carbocycles. The monoisotopic (exact) mass is 335 g/mol. The first-order valence-electron chi connectivity index (χ1n) is 7.34. The SMILES string of the molecule is Cc1cccc(C(=O)Nc2ccc(-c3nn4cnnc4s3)cc2)c1. The van der Waals surface area contributed by atoms with Crippen molar-refractivity contribution in [3.05, 3.63) is 66.0 Å². The Balaban J connectivity index is 1.53. The molecule has 0 spiro atoms. The fraction of sp³-hybridized carbons (Fsp3) is 0.0588. The number of anilines is 1. The molecular formula is C17H13N5OS. The smallest absolute Gasteiger partial charge is 0.255 e. The molecule has 0 bridgehead atoms. The summed E-state index contributed by atoms with van der Waals surface area (Å²) < 4.78 is 1.65. The maximum atomic E-state index is 12.3. The van der Waals surface area contributed by atoms with E-state index in [1.54, 1.807) is 16.9 Å². The molecule has 0 radical (unpaired) electrons. The van der Waals surface area contributed by atoms with E-state index in [1.165, 1.54) is 11.3 Å². The largest absolute Gasteiger partial charge is 0.322 e.